The number of carbonyl (C=O) groups excluding carboxylic acids is 1. The zero-order chi connectivity index (χ0) is 18.9. The summed E-state index contributed by atoms with van der Waals surface area (Å²) in [7, 11) is 0.796. The summed E-state index contributed by atoms with van der Waals surface area (Å²) in [5, 5.41) is 0. The topological polar surface area (TPSA) is 63.2 Å². The molecule has 0 N–H and O–H groups in total. The van der Waals surface area contributed by atoms with Gasteiger partial charge < -0.3 is 23.5 Å². The van der Waals surface area contributed by atoms with Crippen LogP contribution in [0.1, 0.15) is 50.9 Å². The van der Waals surface area contributed by atoms with Crippen molar-refractivity contribution in [3.05, 3.63) is 23.8 Å². The molecule has 0 saturated carbocycles. The van der Waals surface area contributed by atoms with Gasteiger partial charge in [-0.05, 0) is 51.4 Å². The molecule has 2 aliphatic rings. The van der Waals surface area contributed by atoms with E-state index in [1.54, 1.807) is 12.1 Å². The van der Waals surface area contributed by atoms with Crippen molar-refractivity contribution in [3.8, 4) is 5.75 Å². The van der Waals surface area contributed by atoms with Gasteiger partial charge in [0.1, 0.15) is 11.9 Å². The van der Waals surface area contributed by atoms with Gasteiger partial charge in [-0.15, -0.1) is 0 Å². The second-order valence-electron chi connectivity index (χ2n) is 7.80. The Morgan fingerprint density at radius 1 is 1.08 bits per heavy atom. The number of ether oxygens (including phenoxy) is 3. The van der Waals surface area contributed by atoms with E-state index in [9.17, 15) is 4.79 Å². The van der Waals surface area contributed by atoms with Crippen LogP contribution < -0.4 is 10.2 Å². The molecule has 6 nitrogen and oxygen atoms in total. The van der Waals surface area contributed by atoms with E-state index in [1.165, 1.54) is 7.11 Å². The Morgan fingerprint density at radius 3 is 2.27 bits per heavy atom. The maximum atomic E-state index is 12.1. The molecule has 2 fully saturated rings. The van der Waals surface area contributed by atoms with Gasteiger partial charge in [0.25, 0.3) is 0 Å². The van der Waals surface area contributed by atoms with Crippen LogP contribution in [-0.2, 0) is 18.8 Å². The lowest BCUT2D eigenvalue weighted by atomic mass is 9.78. The highest BCUT2D eigenvalue weighted by Crippen LogP contribution is 2.36. The predicted molar refractivity (Wildman–Crippen MR) is 98.0 cm³/mol. The van der Waals surface area contributed by atoms with Gasteiger partial charge >= 0.3 is 13.1 Å². The molecule has 0 atom stereocenters. The summed E-state index contributed by atoms with van der Waals surface area (Å²) < 4.78 is 28.6. The Balaban J connectivity index is 1.89. The SMILES string of the molecule is COC(=O)c1cc(OC2CCOCC2)cc(B2OC(C)(C)C(C)(C)O2)c1. The molecule has 0 unspecified atom stereocenters. The van der Waals surface area contributed by atoms with Crippen molar-refractivity contribution in [1.82, 2.24) is 0 Å². The molecule has 0 amide bonds. The minimum Gasteiger partial charge on any atom is -0.490 e. The number of rotatable bonds is 4. The number of hydrogen-bond acceptors (Lipinski definition) is 6. The van der Waals surface area contributed by atoms with Gasteiger partial charge in [-0.1, -0.05) is 0 Å². The summed E-state index contributed by atoms with van der Waals surface area (Å²) in [6.07, 6.45) is 1.73. The number of methoxy groups -OCH3 is 1. The molecule has 1 aromatic rings. The molecule has 0 aromatic heterocycles. The van der Waals surface area contributed by atoms with Crippen LogP contribution >= 0.6 is 0 Å². The maximum Gasteiger partial charge on any atom is 0.494 e. The van der Waals surface area contributed by atoms with Crippen molar-refractivity contribution in [1.29, 1.82) is 0 Å². The number of benzene rings is 1. The largest absolute Gasteiger partial charge is 0.494 e. The van der Waals surface area contributed by atoms with Gasteiger partial charge in [0.05, 0.1) is 37.1 Å². The van der Waals surface area contributed by atoms with E-state index in [1.807, 2.05) is 33.8 Å². The van der Waals surface area contributed by atoms with Crippen LogP contribution in [0.5, 0.6) is 5.75 Å². The molecule has 2 saturated heterocycles. The van der Waals surface area contributed by atoms with Crippen molar-refractivity contribution in [2.45, 2.75) is 57.8 Å². The van der Waals surface area contributed by atoms with Gasteiger partial charge in [0.2, 0.25) is 0 Å². The van der Waals surface area contributed by atoms with E-state index >= 15 is 0 Å². The molecule has 2 heterocycles. The highest BCUT2D eigenvalue weighted by molar-refractivity contribution is 6.62. The monoisotopic (exact) mass is 362 g/mol. The minimum absolute atomic E-state index is 0.0720. The quantitative estimate of drug-likeness (QED) is 0.605. The molecular weight excluding hydrogens is 335 g/mol. The van der Waals surface area contributed by atoms with Gasteiger partial charge in [-0.25, -0.2) is 4.79 Å². The van der Waals surface area contributed by atoms with E-state index in [0.29, 0.717) is 24.5 Å². The summed E-state index contributed by atoms with van der Waals surface area (Å²) >= 11 is 0. The fourth-order valence-electron chi connectivity index (χ4n) is 3.03. The smallest absolute Gasteiger partial charge is 0.490 e. The lowest BCUT2D eigenvalue weighted by molar-refractivity contribution is 0.00578. The van der Waals surface area contributed by atoms with Crippen LogP contribution in [0.25, 0.3) is 0 Å². The molecule has 3 rings (SSSR count). The van der Waals surface area contributed by atoms with Crippen LogP contribution in [0.15, 0.2) is 18.2 Å². The van der Waals surface area contributed by atoms with Crippen molar-refractivity contribution >= 4 is 18.6 Å². The first-order valence-corrected chi connectivity index (χ1v) is 9.05. The minimum atomic E-state index is -0.568. The number of esters is 1. The van der Waals surface area contributed by atoms with Crippen LogP contribution in [0.4, 0.5) is 0 Å². The molecule has 0 aliphatic carbocycles. The van der Waals surface area contributed by atoms with Crippen LogP contribution in [-0.4, -0.2) is 50.7 Å². The molecule has 0 spiro atoms. The van der Waals surface area contributed by atoms with Crippen LogP contribution in [0.2, 0.25) is 0 Å². The first-order valence-electron chi connectivity index (χ1n) is 9.05. The number of carbonyl (C=O) groups is 1. The van der Waals surface area contributed by atoms with E-state index in [4.69, 9.17) is 23.5 Å². The predicted octanol–water partition coefficient (Wildman–Crippen LogP) is 2.33. The Morgan fingerprint density at radius 2 is 1.69 bits per heavy atom. The third-order valence-electron chi connectivity index (χ3n) is 5.35. The molecule has 26 heavy (non-hydrogen) atoms. The van der Waals surface area contributed by atoms with Crippen molar-refractivity contribution in [3.63, 3.8) is 0 Å². The van der Waals surface area contributed by atoms with Crippen molar-refractivity contribution in [2.75, 3.05) is 20.3 Å². The molecule has 0 radical (unpaired) electrons. The normalized spacial score (nSPS) is 22.3. The molecule has 0 bridgehead atoms. The summed E-state index contributed by atoms with van der Waals surface area (Å²) in [5.74, 6) is 0.199. The summed E-state index contributed by atoms with van der Waals surface area (Å²) in [6, 6.07) is 5.32. The van der Waals surface area contributed by atoms with E-state index < -0.39 is 24.3 Å². The second-order valence-corrected chi connectivity index (χ2v) is 7.80. The Labute approximate surface area is 155 Å². The van der Waals surface area contributed by atoms with Gasteiger partial charge in [-0.2, -0.15) is 0 Å². The Hall–Kier alpha value is -1.57. The summed E-state index contributed by atoms with van der Waals surface area (Å²) in [4.78, 5) is 12.1. The average Bonchev–Trinajstić information content (AvgIpc) is 2.82. The van der Waals surface area contributed by atoms with Crippen LogP contribution in [0, 0.1) is 0 Å². The fraction of sp³-hybridized carbons (Fsp3) is 0.632. The second kappa shape index (κ2) is 7.21. The summed E-state index contributed by atoms with van der Waals surface area (Å²) in [5.41, 5.74) is 0.247. The van der Waals surface area contributed by atoms with E-state index in [2.05, 4.69) is 0 Å². The lowest BCUT2D eigenvalue weighted by Gasteiger charge is -2.32. The third kappa shape index (κ3) is 3.90. The first kappa shape index (κ1) is 19.2. The van der Waals surface area contributed by atoms with Crippen molar-refractivity contribution < 1.29 is 28.3 Å². The van der Waals surface area contributed by atoms with E-state index in [-0.39, 0.29) is 6.10 Å². The van der Waals surface area contributed by atoms with Crippen molar-refractivity contribution in [2.24, 2.45) is 0 Å². The Kier molecular flexibility index (Phi) is 5.33. The van der Waals surface area contributed by atoms with Crippen LogP contribution in [0.3, 0.4) is 0 Å². The average molecular weight is 362 g/mol. The number of hydrogen-bond donors (Lipinski definition) is 0. The maximum absolute atomic E-state index is 12.1. The lowest BCUT2D eigenvalue weighted by Crippen LogP contribution is -2.41. The first-order chi connectivity index (χ1) is 12.2. The standard InChI is InChI=1S/C19H27BO6/c1-18(2)19(3,4)26-20(25-18)14-10-13(17(21)22-5)11-16(12-14)24-15-6-8-23-9-7-15/h10-12,15H,6-9H2,1-5H3. The van der Waals surface area contributed by atoms with Gasteiger partial charge in [0.15, 0.2) is 0 Å². The highest BCUT2D eigenvalue weighted by Gasteiger charge is 2.51. The molecule has 7 heteroatoms. The molecule has 142 valence electrons. The molecule has 1 aromatic carbocycles. The molecular formula is C19H27BO6. The van der Waals surface area contributed by atoms with Gasteiger partial charge in [-0.3, -0.25) is 0 Å². The molecule has 2 aliphatic heterocycles. The van der Waals surface area contributed by atoms with Gasteiger partial charge in [0, 0.05) is 12.8 Å². The fourth-order valence-corrected chi connectivity index (χ4v) is 3.03. The summed E-state index contributed by atoms with van der Waals surface area (Å²) in [6.45, 7) is 9.36. The zero-order valence-electron chi connectivity index (χ0n) is 16.2. The highest BCUT2D eigenvalue weighted by atomic mass is 16.7. The third-order valence-corrected chi connectivity index (χ3v) is 5.35. The van der Waals surface area contributed by atoms with E-state index in [0.717, 1.165) is 18.3 Å². The Bertz CT molecular complexity index is 650. The zero-order valence-corrected chi connectivity index (χ0v) is 16.2.